The highest BCUT2D eigenvalue weighted by Gasteiger charge is 2.29. The smallest absolute Gasteiger partial charge is 0.304 e. The van der Waals surface area contributed by atoms with E-state index < -0.39 is 17.9 Å². The lowest BCUT2D eigenvalue weighted by Gasteiger charge is -2.26. The Hall–Kier alpha value is -1.70. The fourth-order valence-corrected chi connectivity index (χ4v) is 3.52. The van der Waals surface area contributed by atoms with Crippen molar-refractivity contribution >= 4 is 52.0 Å². The minimum atomic E-state index is -0.890. The standard InChI is InChI=1S/C15H15Cl2N3O3S/c1-7-11(14(18)23)13(8-3-2-4-9(16)12(8)17)20-15(19-7)24-6-5-10(21)22/h2-4,13H,5-6H2,1H3,(H2,18,23)(H,19,20)(H,21,22). The van der Waals surface area contributed by atoms with Crippen molar-refractivity contribution in [3.8, 4) is 0 Å². The van der Waals surface area contributed by atoms with Gasteiger partial charge in [-0.15, -0.1) is 0 Å². The summed E-state index contributed by atoms with van der Waals surface area (Å²) >= 11 is 13.6. The molecule has 0 aliphatic carbocycles. The Balaban J connectivity index is 2.39. The highest BCUT2D eigenvalue weighted by atomic mass is 35.5. The van der Waals surface area contributed by atoms with E-state index in [2.05, 4.69) is 10.3 Å². The molecule has 128 valence electrons. The SMILES string of the molecule is CC1=C(C(N)=O)C(c2cccc(Cl)c2Cl)N=C(SCCC(=O)O)N1. The third-order valence-corrected chi connectivity index (χ3v) is 5.04. The van der Waals surface area contributed by atoms with Crippen LogP contribution in [0.15, 0.2) is 34.5 Å². The van der Waals surface area contributed by atoms with Crippen LogP contribution >= 0.6 is 35.0 Å². The average molecular weight is 388 g/mol. The summed E-state index contributed by atoms with van der Waals surface area (Å²) in [5.74, 6) is -1.16. The second kappa shape index (κ2) is 7.92. The zero-order chi connectivity index (χ0) is 17.9. The van der Waals surface area contributed by atoms with Crippen LogP contribution in [0.5, 0.6) is 0 Å². The Labute approximate surface area is 153 Å². The van der Waals surface area contributed by atoms with Gasteiger partial charge in [0.1, 0.15) is 6.04 Å². The maximum atomic E-state index is 11.8. The summed E-state index contributed by atoms with van der Waals surface area (Å²) in [6.45, 7) is 1.71. The van der Waals surface area contributed by atoms with Crippen LogP contribution in [0, 0.1) is 0 Å². The van der Waals surface area contributed by atoms with Gasteiger partial charge in [0.05, 0.1) is 22.0 Å². The summed E-state index contributed by atoms with van der Waals surface area (Å²) < 4.78 is 0. The monoisotopic (exact) mass is 387 g/mol. The molecule has 1 aliphatic heterocycles. The number of hydrogen-bond acceptors (Lipinski definition) is 5. The Morgan fingerprint density at radius 1 is 1.42 bits per heavy atom. The van der Waals surface area contributed by atoms with Gasteiger partial charge in [-0.2, -0.15) is 0 Å². The second-order valence-corrected chi connectivity index (χ2v) is 6.87. The van der Waals surface area contributed by atoms with E-state index in [0.29, 0.717) is 37.8 Å². The van der Waals surface area contributed by atoms with Crippen LogP contribution in [0.2, 0.25) is 10.0 Å². The molecule has 2 rings (SSSR count). The van der Waals surface area contributed by atoms with Crippen LogP contribution in [-0.4, -0.2) is 27.9 Å². The molecular formula is C15H15Cl2N3O3S. The number of carbonyl (C=O) groups is 2. The van der Waals surface area contributed by atoms with Crippen LogP contribution in [-0.2, 0) is 9.59 Å². The second-order valence-electron chi connectivity index (χ2n) is 5.00. The topological polar surface area (TPSA) is 105 Å². The van der Waals surface area contributed by atoms with Crippen molar-refractivity contribution in [3.05, 3.63) is 45.1 Å². The molecule has 0 aromatic heterocycles. The van der Waals surface area contributed by atoms with Crippen LogP contribution in [0.3, 0.4) is 0 Å². The molecule has 9 heteroatoms. The third kappa shape index (κ3) is 4.23. The number of thioether (sulfide) groups is 1. The number of amidine groups is 1. The van der Waals surface area contributed by atoms with E-state index in [1.807, 2.05) is 0 Å². The van der Waals surface area contributed by atoms with Crippen LogP contribution in [0.25, 0.3) is 0 Å². The summed E-state index contributed by atoms with van der Waals surface area (Å²) in [7, 11) is 0. The van der Waals surface area contributed by atoms with Gasteiger partial charge < -0.3 is 16.2 Å². The number of allylic oxidation sites excluding steroid dienone is 1. The van der Waals surface area contributed by atoms with Gasteiger partial charge in [0.25, 0.3) is 0 Å². The number of halogens is 2. The number of nitrogens with one attached hydrogen (secondary N) is 1. The van der Waals surface area contributed by atoms with Gasteiger partial charge in [0, 0.05) is 17.0 Å². The van der Waals surface area contributed by atoms with Crippen molar-refractivity contribution in [2.75, 3.05) is 5.75 Å². The van der Waals surface area contributed by atoms with Gasteiger partial charge >= 0.3 is 5.97 Å². The number of amides is 1. The van der Waals surface area contributed by atoms with Crippen LogP contribution in [0.4, 0.5) is 0 Å². The number of nitrogens with two attached hydrogens (primary N) is 1. The van der Waals surface area contributed by atoms with Crippen LogP contribution < -0.4 is 11.1 Å². The van der Waals surface area contributed by atoms with E-state index in [0.717, 1.165) is 0 Å². The number of benzene rings is 1. The summed E-state index contributed by atoms with van der Waals surface area (Å²) in [6, 6.07) is 4.39. The maximum Gasteiger partial charge on any atom is 0.304 e. The zero-order valence-electron chi connectivity index (χ0n) is 12.7. The lowest BCUT2D eigenvalue weighted by molar-refractivity contribution is -0.136. The number of hydrogen-bond donors (Lipinski definition) is 3. The number of rotatable bonds is 5. The number of nitrogens with zero attached hydrogens (tertiary/aromatic N) is 1. The molecule has 1 aromatic rings. The molecule has 1 unspecified atom stereocenters. The minimum absolute atomic E-state index is 0.000602. The largest absolute Gasteiger partial charge is 0.481 e. The highest BCUT2D eigenvalue weighted by molar-refractivity contribution is 8.13. The lowest BCUT2D eigenvalue weighted by atomic mass is 9.96. The summed E-state index contributed by atoms with van der Waals surface area (Å²) in [6.07, 6.45) is -0.000602. The molecule has 0 fully saturated rings. The van der Waals surface area contributed by atoms with Crippen molar-refractivity contribution in [1.29, 1.82) is 0 Å². The summed E-state index contributed by atoms with van der Waals surface area (Å²) in [5, 5.41) is 12.9. The Bertz CT molecular complexity index is 749. The van der Waals surface area contributed by atoms with E-state index >= 15 is 0 Å². The van der Waals surface area contributed by atoms with E-state index in [-0.39, 0.29) is 6.42 Å². The van der Waals surface area contributed by atoms with E-state index in [4.69, 9.17) is 34.0 Å². The molecule has 6 nitrogen and oxygen atoms in total. The first-order chi connectivity index (χ1) is 11.3. The van der Waals surface area contributed by atoms with Crippen molar-refractivity contribution in [2.24, 2.45) is 10.7 Å². The van der Waals surface area contributed by atoms with Gasteiger partial charge in [0.2, 0.25) is 5.91 Å². The first kappa shape index (κ1) is 18.6. The third-order valence-electron chi connectivity index (χ3n) is 3.31. The van der Waals surface area contributed by atoms with Crippen molar-refractivity contribution in [1.82, 2.24) is 5.32 Å². The molecule has 1 aromatic carbocycles. The molecular weight excluding hydrogens is 373 g/mol. The highest BCUT2D eigenvalue weighted by Crippen LogP contribution is 2.38. The molecule has 1 amide bonds. The molecule has 0 saturated heterocycles. The van der Waals surface area contributed by atoms with Crippen LogP contribution in [0.1, 0.15) is 24.9 Å². The Kier molecular flexibility index (Phi) is 6.15. The minimum Gasteiger partial charge on any atom is -0.481 e. The Morgan fingerprint density at radius 2 is 2.12 bits per heavy atom. The van der Waals surface area contributed by atoms with E-state index in [1.165, 1.54) is 11.8 Å². The van der Waals surface area contributed by atoms with Crippen molar-refractivity contribution < 1.29 is 14.7 Å². The van der Waals surface area contributed by atoms with Crippen molar-refractivity contribution in [2.45, 2.75) is 19.4 Å². The molecule has 1 atom stereocenters. The zero-order valence-corrected chi connectivity index (χ0v) is 15.0. The summed E-state index contributed by atoms with van der Waals surface area (Å²) in [4.78, 5) is 27.0. The van der Waals surface area contributed by atoms with Gasteiger partial charge in [-0.3, -0.25) is 9.59 Å². The number of carboxylic acid groups (broad SMARTS) is 1. The fourth-order valence-electron chi connectivity index (χ4n) is 2.23. The van der Waals surface area contributed by atoms with E-state index in [9.17, 15) is 9.59 Å². The number of carbonyl (C=O) groups excluding carboxylic acids is 1. The number of primary amides is 1. The predicted octanol–water partition coefficient (Wildman–Crippen LogP) is 2.96. The van der Waals surface area contributed by atoms with Crippen molar-refractivity contribution in [3.63, 3.8) is 0 Å². The molecule has 0 saturated carbocycles. The number of aliphatic carboxylic acids is 1. The lowest BCUT2D eigenvalue weighted by Crippen LogP contribution is -2.32. The van der Waals surface area contributed by atoms with Gasteiger partial charge in [-0.1, -0.05) is 47.1 Å². The maximum absolute atomic E-state index is 11.8. The first-order valence-corrected chi connectivity index (χ1v) is 8.69. The van der Waals surface area contributed by atoms with Gasteiger partial charge in [0.15, 0.2) is 5.17 Å². The average Bonchev–Trinajstić information content (AvgIpc) is 2.48. The summed E-state index contributed by atoms with van der Waals surface area (Å²) in [5.41, 5.74) is 6.90. The fraction of sp³-hybridized carbons (Fsp3) is 0.267. The first-order valence-electron chi connectivity index (χ1n) is 6.95. The quantitative estimate of drug-likeness (QED) is 0.719. The van der Waals surface area contributed by atoms with E-state index in [1.54, 1.807) is 25.1 Å². The van der Waals surface area contributed by atoms with Gasteiger partial charge in [-0.25, -0.2) is 4.99 Å². The molecule has 0 spiro atoms. The number of aliphatic imine (C=N–C) groups is 1. The normalized spacial score (nSPS) is 17.3. The molecule has 0 radical (unpaired) electrons. The Morgan fingerprint density at radius 3 is 2.75 bits per heavy atom. The molecule has 0 bridgehead atoms. The molecule has 24 heavy (non-hydrogen) atoms. The molecule has 1 heterocycles. The van der Waals surface area contributed by atoms with Gasteiger partial charge in [-0.05, 0) is 13.0 Å². The number of carboxylic acids is 1. The molecule has 4 N–H and O–H groups in total. The molecule has 1 aliphatic rings. The predicted molar refractivity (Wildman–Crippen MR) is 96.4 cm³/mol.